The van der Waals surface area contributed by atoms with Crippen molar-refractivity contribution in [1.82, 2.24) is 4.90 Å². The minimum absolute atomic E-state index is 0.296. The van der Waals surface area contributed by atoms with Crippen molar-refractivity contribution in [3.8, 4) is 11.5 Å². The van der Waals surface area contributed by atoms with Gasteiger partial charge in [0.2, 0.25) is 0 Å². The van der Waals surface area contributed by atoms with Crippen LogP contribution in [0.2, 0.25) is 0 Å². The predicted molar refractivity (Wildman–Crippen MR) is 72.0 cm³/mol. The number of benzene rings is 1. The monoisotopic (exact) mass is 250 g/mol. The van der Waals surface area contributed by atoms with E-state index in [9.17, 15) is 0 Å². The van der Waals surface area contributed by atoms with E-state index in [-0.39, 0.29) is 0 Å². The average molecular weight is 250 g/mol. The zero-order valence-corrected chi connectivity index (χ0v) is 11.3. The largest absolute Gasteiger partial charge is 0.493 e. The average Bonchev–Trinajstić information content (AvgIpc) is 2.70. The van der Waals surface area contributed by atoms with Gasteiger partial charge in [-0.15, -0.1) is 0 Å². The second-order valence-electron chi connectivity index (χ2n) is 4.85. The fourth-order valence-electron chi connectivity index (χ4n) is 2.47. The Morgan fingerprint density at radius 3 is 2.56 bits per heavy atom. The molecule has 1 heterocycles. The van der Waals surface area contributed by atoms with Crippen LogP contribution >= 0.6 is 0 Å². The standard InChI is InChI=1S/C14H22N2O2/c1-10-12(15)6-7-16(10)9-11-4-5-13(17-2)14(8-11)18-3/h4-5,8,10,12H,6-7,9,15H2,1-3H3. The molecule has 0 aliphatic carbocycles. The van der Waals surface area contributed by atoms with Crippen LogP contribution in [0, 0.1) is 0 Å². The first-order valence-corrected chi connectivity index (χ1v) is 6.36. The second-order valence-corrected chi connectivity index (χ2v) is 4.85. The predicted octanol–water partition coefficient (Wildman–Crippen LogP) is 1.63. The fraction of sp³-hybridized carbons (Fsp3) is 0.571. The van der Waals surface area contributed by atoms with Crippen LogP contribution in [0.3, 0.4) is 0 Å². The van der Waals surface area contributed by atoms with E-state index >= 15 is 0 Å². The molecule has 0 aromatic heterocycles. The first kappa shape index (κ1) is 13.2. The van der Waals surface area contributed by atoms with Gasteiger partial charge in [0.1, 0.15) is 0 Å². The molecule has 0 bridgehead atoms. The van der Waals surface area contributed by atoms with Crippen LogP contribution in [-0.2, 0) is 6.54 Å². The van der Waals surface area contributed by atoms with Gasteiger partial charge < -0.3 is 15.2 Å². The summed E-state index contributed by atoms with van der Waals surface area (Å²) in [6.07, 6.45) is 1.08. The lowest BCUT2D eigenvalue weighted by atomic mass is 10.1. The quantitative estimate of drug-likeness (QED) is 0.882. The Bertz CT molecular complexity index is 409. The summed E-state index contributed by atoms with van der Waals surface area (Å²) in [5, 5.41) is 0. The van der Waals surface area contributed by atoms with Crippen molar-refractivity contribution >= 4 is 0 Å². The van der Waals surface area contributed by atoms with Crippen LogP contribution in [0.1, 0.15) is 18.9 Å². The normalized spacial score (nSPS) is 24.2. The molecule has 0 spiro atoms. The Balaban J connectivity index is 2.10. The maximum atomic E-state index is 6.04. The lowest BCUT2D eigenvalue weighted by Crippen LogP contribution is -2.36. The van der Waals surface area contributed by atoms with Gasteiger partial charge in [-0.1, -0.05) is 6.07 Å². The third-order valence-electron chi connectivity index (χ3n) is 3.78. The summed E-state index contributed by atoms with van der Waals surface area (Å²) >= 11 is 0. The number of nitrogens with two attached hydrogens (primary N) is 1. The van der Waals surface area contributed by atoms with Crippen LogP contribution in [0.25, 0.3) is 0 Å². The lowest BCUT2D eigenvalue weighted by Gasteiger charge is -2.23. The van der Waals surface area contributed by atoms with Gasteiger partial charge in [0.15, 0.2) is 11.5 Å². The second kappa shape index (κ2) is 5.59. The molecule has 100 valence electrons. The molecule has 18 heavy (non-hydrogen) atoms. The first-order valence-electron chi connectivity index (χ1n) is 6.36. The van der Waals surface area contributed by atoms with Crippen molar-refractivity contribution < 1.29 is 9.47 Å². The fourth-order valence-corrected chi connectivity index (χ4v) is 2.47. The van der Waals surface area contributed by atoms with Crippen LogP contribution in [-0.4, -0.2) is 37.7 Å². The van der Waals surface area contributed by atoms with E-state index in [1.807, 2.05) is 12.1 Å². The first-order chi connectivity index (χ1) is 8.65. The van der Waals surface area contributed by atoms with Crippen LogP contribution in [0.5, 0.6) is 11.5 Å². The van der Waals surface area contributed by atoms with Gasteiger partial charge in [0.25, 0.3) is 0 Å². The Hall–Kier alpha value is -1.26. The van der Waals surface area contributed by atoms with Crippen molar-refractivity contribution in [2.75, 3.05) is 20.8 Å². The molecular formula is C14H22N2O2. The molecule has 2 rings (SSSR count). The van der Waals surface area contributed by atoms with Crippen molar-refractivity contribution in [2.45, 2.75) is 32.0 Å². The van der Waals surface area contributed by atoms with Gasteiger partial charge in [-0.2, -0.15) is 0 Å². The molecule has 2 unspecified atom stereocenters. The van der Waals surface area contributed by atoms with E-state index in [1.165, 1.54) is 5.56 Å². The molecule has 2 N–H and O–H groups in total. The molecule has 1 aromatic rings. The van der Waals surface area contributed by atoms with E-state index in [0.717, 1.165) is 31.0 Å². The zero-order chi connectivity index (χ0) is 13.1. The molecule has 4 nitrogen and oxygen atoms in total. The Morgan fingerprint density at radius 2 is 2.00 bits per heavy atom. The van der Waals surface area contributed by atoms with E-state index in [2.05, 4.69) is 17.9 Å². The van der Waals surface area contributed by atoms with E-state index in [4.69, 9.17) is 15.2 Å². The van der Waals surface area contributed by atoms with Gasteiger partial charge in [0.05, 0.1) is 14.2 Å². The van der Waals surface area contributed by atoms with Crippen molar-refractivity contribution in [2.24, 2.45) is 5.73 Å². The molecule has 0 saturated carbocycles. The van der Waals surface area contributed by atoms with E-state index < -0.39 is 0 Å². The zero-order valence-electron chi connectivity index (χ0n) is 11.3. The Morgan fingerprint density at radius 1 is 1.28 bits per heavy atom. The highest BCUT2D eigenvalue weighted by molar-refractivity contribution is 5.42. The highest BCUT2D eigenvalue weighted by Crippen LogP contribution is 2.29. The van der Waals surface area contributed by atoms with Crippen LogP contribution < -0.4 is 15.2 Å². The maximum absolute atomic E-state index is 6.04. The molecule has 0 amide bonds. The summed E-state index contributed by atoms with van der Waals surface area (Å²) in [6.45, 7) is 4.17. The maximum Gasteiger partial charge on any atom is 0.161 e. The van der Waals surface area contributed by atoms with Crippen molar-refractivity contribution in [1.29, 1.82) is 0 Å². The molecule has 1 fully saturated rings. The summed E-state index contributed by atoms with van der Waals surface area (Å²) in [4.78, 5) is 2.41. The third kappa shape index (κ3) is 2.60. The number of likely N-dealkylation sites (tertiary alicyclic amines) is 1. The van der Waals surface area contributed by atoms with Crippen LogP contribution in [0.15, 0.2) is 18.2 Å². The number of ether oxygens (including phenoxy) is 2. The number of rotatable bonds is 4. The lowest BCUT2D eigenvalue weighted by molar-refractivity contribution is 0.251. The number of methoxy groups -OCH3 is 2. The summed E-state index contributed by atoms with van der Waals surface area (Å²) in [5.74, 6) is 1.55. The summed E-state index contributed by atoms with van der Waals surface area (Å²) in [6, 6.07) is 6.81. The summed E-state index contributed by atoms with van der Waals surface area (Å²) in [7, 11) is 3.31. The highest BCUT2D eigenvalue weighted by Gasteiger charge is 2.27. The molecule has 2 atom stereocenters. The van der Waals surface area contributed by atoms with Crippen LogP contribution in [0.4, 0.5) is 0 Å². The SMILES string of the molecule is COc1ccc(CN2CCC(N)C2C)cc1OC. The smallest absolute Gasteiger partial charge is 0.161 e. The van der Waals surface area contributed by atoms with Crippen molar-refractivity contribution in [3.05, 3.63) is 23.8 Å². The molecule has 1 saturated heterocycles. The molecule has 1 aliphatic heterocycles. The topological polar surface area (TPSA) is 47.7 Å². The Kier molecular flexibility index (Phi) is 4.09. The molecule has 1 aromatic carbocycles. The third-order valence-corrected chi connectivity index (χ3v) is 3.78. The number of hydrogen-bond donors (Lipinski definition) is 1. The van der Waals surface area contributed by atoms with Gasteiger partial charge in [-0.25, -0.2) is 0 Å². The highest BCUT2D eigenvalue weighted by atomic mass is 16.5. The Labute approximate surface area is 109 Å². The summed E-state index contributed by atoms with van der Waals surface area (Å²) < 4.78 is 10.6. The van der Waals surface area contributed by atoms with E-state index in [1.54, 1.807) is 14.2 Å². The van der Waals surface area contributed by atoms with Gasteiger partial charge in [-0.05, 0) is 31.0 Å². The minimum atomic E-state index is 0.296. The molecular weight excluding hydrogens is 228 g/mol. The molecule has 0 radical (unpaired) electrons. The molecule has 4 heteroatoms. The molecule has 1 aliphatic rings. The number of hydrogen-bond acceptors (Lipinski definition) is 4. The van der Waals surface area contributed by atoms with Gasteiger partial charge >= 0.3 is 0 Å². The minimum Gasteiger partial charge on any atom is -0.493 e. The number of nitrogens with zero attached hydrogens (tertiary/aromatic N) is 1. The van der Waals surface area contributed by atoms with E-state index in [0.29, 0.717) is 12.1 Å². The van der Waals surface area contributed by atoms with Crippen molar-refractivity contribution in [3.63, 3.8) is 0 Å². The van der Waals surface area contributed by atoms with Gasteiger partial charge in [0, 0.05) is 25.2 Å². The van der Waals surface area contributed by atoms with Gasteiger partial charge in [-0.3, -0.25) is 4.90 Å². The summed E-state index contributed by atoms with van der Waals surface area (Å²) in [5.41, 5.74) is 7.27.